The van der Waals surface area contributed by atoms with Crippen LogP contribution in [0, 0.1) is 5.92 Å². The monoisotopic (exact) mass is 237 g/mol. The molecule has 3 atom stereocenters. The Bertz CT molecular complexity index is 256. The summed E-state index contributed by atoms with van der Waals surface area (Å²) >= 11 is 0. The van der Waals surface area contributed by atoms with Gasteiger partial charge in [-0.15, -0.1) is 0 Å². The maximum Gasteiger partial charge on any atom is 0.0223 e. The van der Waals surface area contributed by atoms with E-state index in [-0.39, 0.29) is 0 Å². The third-order valence-corrected chi connectivity index (χ3v) is 5.18. The van der Waals surface area contributed by atoms with Crippen molar-refractivity contribution in [3.05, 3.63) is 0 Å². The van der Waals surface area contributed by atoms with Crippen LogP contribution in [0.3, 0.4) is 0 Å². The van der Waals surface area contributed by atoms with E-state index in [1.165, 1.54) is 64.8 Å². The van der Waals surface area contributed by atoms with E-state index >= 15 is 0 Å². The molecule has 0 amide bonds. The summed E-state index contributed by atoms with van der Waals surface area (Å²) < 4.78 is 0. The molecule has 2 saturated heterocycles. The molecule has 3 fully saturated rings. The Hall–Kier alpha value is -0.120. The summed E-state index contributed by atoms with van der Waals surface area (Å²) in [4.78, 5) is 5.55. The number of nitrogens with zero attached hydrogens (tertiary/aromatic N) is 2. The van der Waals surface area contributed by atoms with Crippen LogP contribution in [0.15, 0.2) is 0 Å². The summed E-state index contributed by atoms with van der Waals surface area (Å²) in [6.07, 6.45) is 7.22. The van der Waals surface area contributed by atoms with E-state index in [9.17, 15) is 0 Å². The third kappa shape index (κ3) is 2.38. The minimum absolute atomic E-state index is 0.883. The van der Waals surface area contributed by atoms with E-state index < -0.39 is 0 Å². The van der Waals surface area contributed by atoms with Crippen molar-refractivity contribution in [2.24, 2.45) is 5.92 Å². The van der Waals surface area contributed by atoms with Crippen molar-refractivity contribution in [3.63, 3.8) is 0 Å². The molecule has 1 N–H and O–H groups in total. The summed E-state index contributed by atoms with van der Waals surface area (Å²) in [5.41, 5.74) is 0. The molecule has 0 aromatic heterocycles. The second kappa shape index (κ2) is 5.25. The molecule has 3 heteroatoms. The summed E-state index contributed by atoms with van der Waals surface area (Å²) in [6, 6.07) is 1.78. The van der Waals surface area contributed by atoms with Crippen molar-refractivity contribution in [1.82, 2.24) is 15.1 Å². The maximum absolute atomic E-state index is 3.36. The molecule has 0 bridgehead atoms. The largest absolute Gasteiger partial charge is 0.319 e. The van der Waals surface area contributed by atoms with Crippen molar-refractivity contribution in [2.75, 3.05) is 39.8 Å². The fraction of sp³-hybridized carbons (Fsp3) is 1.00. The lowest BCUT2D eigenvalue weighted by Crippen LogP contribution is -2.61. The van der Waals surface area contributed by atoms with E-state index in [0.717, 1.165) is 18.0 Å². The molecule has 2 heterocycles. The lowest BCUT2D eigenvalue weighted by Gasteiger charge is -2.51. The Labute approximate surface area is 106 Å². The van der Waals surface area contributed by atoms with E-state index in [2.05, 4.69) is 22.2 Å². The molecule has 17 heavy (non-hydrogen) atoms. The van der Waals surface area contributed by atoms with Gasteiger partial charge in [-0.3, -0.25) is 9.80 Å². The van der Waals surface area contributed by atoms with Gasteiger partial charge in [0.2, 0.25) is 0 Å². The van der Waals surface area contributed by atoms with E-state index in [4.69, 9.17) is 0 Å². The van der Waals surface area contributed by atoms with Gasteiger partial charge in [0.15, 0.2) is 0 Å². The minimum Gasteiger partial charge on any atom is -0.319 e. The molecule has 0 aromatic rings. The maximum atomic E-state index is 3.36. The number of piperazine rings is 1. The fourth-order valence-electron chi connectivity index (χ4n) is 4.01. The molecule has 2 aliphatic heterocycles. The van der Waals surface area contributed by atoms with Gasteiger partial charge in [-0.1, -0.05) is 6.42 Å². The number of hydrogen-bond donors (Lipinski definition) is 1. The molecule has 3 rings (SSSR count). The van der Waals surface area contributed by atoms with Crippen LogP contribution in [0.4, 0.5) is 0 Å². The predicted octanol–water partition coefficient (Wildman–Crippen LogP) is 1.15. The summed E-state index contributed by atoms with van der Waals surface area (Å²) in [6.45, 7) is 6.58. The highest BCUT2D eigenvalue weighted by Crippen LogP contribution is 2.34. The van der Waals surface area contributed by atoms with Gasteiger partial charge < -0.3 is 5.32 Å². The van der Waals surface area contributed by atoms with Gasteiger partial charge in [0.1, 0.15) is 0 Å². The van der Waals surface area contributed by atoms with Gasteiger partial charge in [0, 0.05) is 31.7 Å². The molecule has 3 nitrogen and oxygen atoms in total. The lowest BCUT2D eigenvalue weighted by molar-refractivity contribution is -0.0171. The Morgan fingerprint density at radius 3 is 2.65 bits per heavy atom. The van der Waals surface area contributed by atoms with Gasteiger partial charge in [-0.2, -0.15) is 0 Å². The fourth-order valence-corrected chi connectivity index (χ4v) is 4.01. The predicted molar refractivity (Wildman–Crippen MR) is 71.2 cm³/mol. The molecule has 1 aliphatic carbocycles. The molecule has 0 radical (unpaired) electrons. The zero-order chi connectivity index (χ0) is 11.7. The second-order valence-corrected chi connectivity index (χ2v) is 6.14. The van der Waals surface area contributed by atoms with Gasteiger partial charge in [0.25, 0.3) is 0 Å². The molecule has 0 aromatic carbocycles. The number of piperidine rings is 1. The first-order valence-corrected chi connectivity index (χ1v) is 7.51. The normalized spacial score (nSPS) is 39.7. The van der Waals surface area contributed by atoms with Crippen LogP contribution in [0.2, 0.25) is 0 Å². The van der Waals surface area contributed by atoms with E-state index in [1.807, 2.05) is 0 Å². The first-order chi connectivity index (χ1) is 8.38. The molecule has 0 spiro atoms. The molecule has 3 aliphatic rings. The number of nitrogens with one attached hydrogen (secondary N) is 1. The number of rotatable bonds is 3. The molecule has 3 unspecified atom stereocenters. The third-order valence-electron chi connectivity index (χ3n) is 5.18. The van der Waals surface area contributed by atoms with Crippen LogP contribution in [0.25, 0.3) is 0 Å². The van der Waals surface area contributed by atoms with Crippen LogP contribution in [-0.4, -0.2) is 61.7 Å². The van der Waals surface area contributed by atoms with Gasteiger partial charge in [-0.05, 0) is 51.7 Å². The van der Waals surface area contributed by atoms with Crippen LogP contribution < -0.4 is 5.32 Å². The number of hydrogen-bond acceptors (Lipinski definition) is 3. The molecule has 1 saturated carbocycles. The first-order valence-electron chi connectivity index (χ1n) is 7.51. The average Bonchev–Trinajstić information content (AvgIpc) is 2.34. The van der Waals surface area contributed by atoms with Crippen LogP contribution in [0.1, 0.15) is 32.1 Å². The van der Waals surface area contributed by atoms with Crippen molar-refractivity contribution in [3.8, 4) is 0 Å². The zero-order valence-electron chi connectivity index (χ0n) is 11.2. The van der Waals surface area contributed by atoms with Gasteiger partial charge in [-0.25, -0.2) is 0 Å². The summed E-state index contributed by atoms with van der Waals surface area (Å²) in [7, 11) is 2.09. The highest BCUT2D eigenvalue weighted by molar-refractivity contribution is 4.94. The highest BCUT2D eigenvalue weighted by atomic mass is 15.3. The van der Waals surface area contributed by atoms with Crippen molar-refractivity contribution >= 4 is 0 Å². The Morgan fingerprint density at radius 1 is 1.00 bits per heavy atom. The minimum atomic E-state index is 0.883. The summed E-state index contributed by atoms with van der Waals surface area (Å²) in [5.74, 6) is 0.926. The van der Waals surface area contributed by atoms with Crippen LogP contribution in [-0.2, 0) is 0 Å². The van der Waals surface area contributed by atoms with Crippen LogP contribution >= 0.6 is 0 Å². The molecular weight excluding hydrogens is 210 g/mol. The second-order valence-electron chi connectivity index (χ2n) is 6.14. The molecular formula is C14H27N3. The first kappa shape index (κ1) is 11.9. The standard InChI is InChI=1S/C14H27N3/c1-15-10-12-5-6-14(12)17-9-8-16-7-3-2-4-13(16)11-17/h12-15H,2-11H2,1H3. The quantitative estimate of drug-likeness (QED) is 0.794. The summed E-state index contributed by atoms with van der Waals surface area (Å²) in [5, 5.41) is 3.36. The smallest absolute Gasteiger partial charge is 0.0223 e. The Kier molecular flexibility index (Phi) is 3.69. The average molecular weight is 237 g/mol. The topological polar surface area (TPSA) is 18.5 Å². The van der Waals surface area contributed by atoms with E-state index in [1.54, 1.807) is 0 Å². The highest BCUT2D eigenvalue weighted by Gasteiger charge is 2.39. The Balaban J connectivity index is 1.55. The zero-order valence-corrected chi connectivity index (χ0v) is 11.2. The number of fused-ring (bicyclic) bond motifs is 1. The van der Waals surface area contributed by atoms with E-state index in [0.29, 0.717) is 0 Å². The molecule has 98 valence electrons. The van der Waals surface area contributed by atoms with Crippen molar-refractivity contribution in [1.29, 1.82) is 0 Å². The van der Waals surface area contributed by atoms with Gasteiger partial charge >= 0.3 is 0 Å². The van der Waals surface area contributed by atoms with Crippen molar-refractivity contribution < 1.29 is 0 Å². The van der Waals surface area contributed by atoms with Gasteiger partial charge in [0.05, 0.1) is 0 Å². The SMILES string of the molecule is CNCC1CCC1N1CCN2CCCCC2C1. The Morgan fingerprint density at radius 2 is 1.88 bits per heavy atom. The lowest BCUT2D eigenvalue weighted by atomic mass is 9.77. The van der Waals surface area contributed by atoms with Crippen molar-refractivity contribution in [2.45, 2.75) is 44.2 Å². The van der Waals surface area contributed by atoms with Crippen LogP contribution in [0.5, 0.6) is 0 Å².